The van der Waals surface area contributed by atoms with Crippen molar-refractivity contribution in [3.63, 3.8) is 0 Å². The maximum atomic E-state index is 11.9. The third-order valence-corrected chi connectivity index (χ3v) is 3.57. The molecule has 24 heavy (non-hydrogen) atoms. The zero-order chi connectivity index (χ0) is 17.4. The Labute approximate surface area is 133 Å². The lowest BCUT2D eigenvalue weighted by molar-refractivity contribution is -0.143. The molecule has 3 heterocycles. The molecule has 1 saturated heterocycles. The number of fused-ring (bicyclic) bond motifs is 1. The molecule has 0 spiro atoms. The van der Waals surface area contributed by atoms with E-state index in [4.69, 9.17) is 15.6 Å². The largest absolute Gasteiger partial charge is 0.480 e. The second kappa shape index (κ2) is 5.99. The van der Waals surface area contributed by atoms with Crippen molar-refractivity contribution in [2.24, 2.45) is 0 Å². The summed E-state index contributed by atoms with van der Waals surface area (Å²) < 4.78 is 6.70. The number of rotatable bonds is 4. The molecule has 1 fully saturated rings. The number of ether oxygens (including phenoxy) is 1. The number of amides is 1. The number of hydrogen-bond donors (Lipinski definition) is 5. The van der Waals surface area contributed by atoms with Crippen molar-refractivity contribution >= 4 is 28.9 Å². The Morgan fingerprint density at radius 1 is 1.29 bits per heavy atom. The quantitative estimate of drug-likeness (QED) is 0.390. The Morgan fingerprint density at radius 2 is 2.04 bits per heavy atom. The molecule has 12 nitrogen and oxygen atoms in total. The number of hydrogen-bond acceptors (Lipinski definition) is 9. The van der Waals surface area contributed by atoms with Gasteiger partial charge in [-0.2, -0.15) is 0 Å². The molecule has 2 aromatic heterocycles. The summed E-state index contributed by atoms with van der Waals surface area (Å²) in [7, 11) is 0. The van der Waals surface area contributed by atoms with Crippen LogP contribution in [0.4, 0.5) is 5.82 Å². The maximum Gasteiger partial charge on any atom is 0.322 e. The van der Waals surface area contributed by atoms with Crippen LogP contribution in [0.1, 0.15) is 6.23 Å². The molecular formula is C12H14N6O6. The predicted molar refractivity (Wildman–Crippen MR) is 76.3 cm³/mol. The predicted octanol–water partition coefficient (Wildman–Crippen LogP) is -2.77. The molecule has 1 aliphatic rings. The molecule has 1 amide bonds. The van der Waals surface area contributed by atoms with Gasteiger partial charge in [-0.25, -0.2) is 15.0 Å². The number of aliphatic hydroxyl groups is 2. The summed E-state index contributed by atoms with van der Waals surface area (Å²) in [5, 5.41) is 30.8. The number of nitrogens with one attached hydrogen (secondary N) is 1. The SMILES string of the molecule is Nc1ncnc2c1ncn2[C@@H]1O[C@@H](C(=O)NCC(=O)O)[C@@H](O)[C@H]1O. The van der Waals surface area contributed by atoms with Crippen molar-refractivity contribution in [2.45, 2.75) is 24.5 Å². The van der Waals surface area contributed by atoms with Crippen molar-refractivity contribution in [1.82, 2.24) is 24.8 Å². The van der Waals surface area contributed by atoms with Crippen LogP contribution < -0.4 is 11.1 Å². The summed E-state index contributed by atoms with van der Waals surface area (Å²) in [5.74, 6) is -1.98. The molecule has 0 aliphatic carbocycles. The number of aliphatic carboxylic acids is 1. The monoisotopic (exact) mass is 338 g/mol. The number of aliphatic hydroxyl groups excluding tert-OH is 2. The van der Waals surface area contributed by atoms with Crippen molar-refractivity contribution in [3.8, 4) is 0 Å². The van der Waals surface area contributed by atoms with E-state index < -0.39 is 43.0 Å². The normalized spacial score (nSPS) is 26.6. The van der Waals surface area contributed by atoms with Crippen molar-refractivity contribution in [2.75, 3.05) is 12.3 Å². The second-order valence-electron chi connectivity index (χ2n) is 5.12. The summed E-state index contributed by atoms with van der Waals surface area (Å²) >= 11 is 0. The Balaban J connectivity index is 1.85. The molecule has 3 rings (SSSR count). The first-order valence-corrected chi connectivity index (χ1v) is 6.84. The Hall–Kier alpha value is -2.83. The molecule has 0 saturated carbocycles. The highest BCUT2D eigenvalue weighted by atomic mass is 16.6. The number of carboxylic acid groups (broad SMARTS) is 1. The van der Waals surface area contributed by atoms with Gasteiger partial charge in [-0.1, -0.05) is 0 Å². The van der Waals surface area contributed by atoms with Gasteiger partial charge in [0.15, 0.2) is 23.8 Å². The number of carboxylic acids is 1. The third-order valence-electron chi connectivity index (χ3n) is 3.57. The van der Waals surface area contributed by atoms with Gasteiger partial charge in [0.1, 0.15) is 30.6 Å². The molecule has 0 aromatic carbocycles. The van der Waals surface area contributed by atoms with Gasteiger partial charge in [-0.3, -0.25) is 14.2 Å². The van der Waals surface area contributed by atoms with Crippen LogP contribution >= 0.6 is 0 Å². The van der Waals surface area contributed by atoms with E-state index in [9.17, 15) is 19.8 Å². The third kappa shape index (κ3) is 2.62. The fourth-order valence-electron chi connectivity index (χ4n) is 2.43. The minimum atomic E-state index is -1.56. The number of carbonyl (C=O) groups excluding carboxylic acids is 1. The Morgan fingerprint density at radius 3 is 2.75 bits per heavy atom. The van der Waals surface area contributed by atoms with E-state index in [1.54, 1.807) is 0 Å². The minimum absolute atomic E-state index is 0.127. The van der Waals surface area contributed by atoms with E-state index in [0.717, 1.165) is 0 Å². The van der Waals surface area contributed by atoms with Crippen LogP contribution in [-0.2, 0) is 14.3 Å². The summed E-state index contributed by atoms with van der Waals surface area (Å²) in [5.41, 5.74) is 6.21. The van der Waals surface area contributed by atoms with Crippen LogP contribution in [-0.4, -0.2) is 71.6 Å². The molecule has 2 aromatic rings. The zero-order valence-electron chi connectivity index (χ0n) is 12.1. The molecule has 12 heteroatoms. The Bertz CT molecular complexity index is 793. The number of nitrogens with two attached hydrogens (primary N) is 1. The molecule has 6 N–H and O–H groups in total. The van der Waals surface area contributed by atoms with Crippen LogP contribution in [0.3, 0.4) is 0 Å². The summed E-state index contributed by atoms with van der Waals surface area (Å²) in [4.78, 5) is 34.2. The zero-order valence-corrected chi connectivity index (χ0v) is 12.1. The van der Waals surface area contributed by atoms with Gasteiger partial charge in [0.25, 0.3) is 5.91 Å². The lowest BCUT2D eigenvalue weighted by atomic mass is 10.1. The lowest BCUT2D eigenvalue weighted by Crippen LogP contribution is -2.44. The minimum Gasteiger partial charge on any atom is -0.480 e. The van der Waals surface area contributed by atoms with E-state index in [1.165, 1.54) is 17.2 Å². The molecule has 1 aliphatic heterocycles. The highest BCUT2D eigenvalue weighted by molar-refractivity contribution is 5.85. The standard InChI is InChI=1S/C12H14N6O6/c13-9-5-10(16-2-15-9)18(3-17-5)12-7(22)6(21)8(24-12)11(23)14-1-4(19)20/h2-3,6-8,12,21-22H,1H2,(H,14,23)(H,19,20)(H2,13,15,16)/t6-,7+,8+,12+/m0/s1. The first-order chi connectivity index (χ1) is 11.4. The highest BCUT2D eigenvalue weighted by Gasteiger charge is 2.47. The van der Waals surface area contributed by atoms with Gasteiger partial charge in [0.05, 0.1) is 6.33 Å². The van der Waals surface area contributed by atoms with Gasteiger partial charge in [-0.05, 0) is 0 Å². The van der Waals surface area contributed by atoms with Crippen LogP contribution in [0.15, 0.2) is 12.7 Å². The van der Waals surface area contributed by atoms with Gasteiger partial charge < -0.3 is 31.1 Å². The molecule has 0 unspecified atom stereocenters. The Kier molecular flexibility index (Phi) is 4.01. The van der Waals surface area contributed by atoms with E-state index in [0.29, 0.717) is 0 Å². The molecular weight excluding hydrogens is 324 g/mol. The average Bonchev–Trinajstić information content (AvgIpc) is 3.09. The number of anilines is 1. The molecule has 4 atom stereocenters. The van der Waals surface area contributed by atoms with Crippen molar-refractivity contribution in [1.29, 1.82) is 0 Å². The van der Waals surface area contributed by atoms with E-state index >= 15 is 0 Å². The number of carbonyl (C=O) groups is 2. The number of nitrogen functional groups attached to an aromatic ring is 1. The van der Waals surface area contributed by atoms with Crippen molar-refractivity contribution in [3.05, 3.63) is 12.7 Å². The van der Waals surface area contributed by atoms with Crippen LogP contribution in [0.5, 0.6) is 0 Å². The fraction of sp³-hybridized carbons (Fsp3) is 0.417. The number of aromatic nitrogens is 4. The van der Waals surface area contributed by atoms with E-state index in [1.807, 2.05) is 0 Å². The summed E-state index contributed by atoms with van der Waals surface area (Å²) in [6.07, 6.45) is -3.13. The average molecular weight is 338 g/mol. The van der Waals surface area contributed by atoms with E-state index in [2.05, 4.69) is 20.3 Å². The van der Waals surface area contributed by atoms with E-state index in [-0.39, 0.29) is 17.0 Å². The van der Waals surface area contributed by atoms with Crippen LogP contribution in [0.25, 0.3) is 11.2 Å². The summed E-state index contributed by atoms with van der Waals surface area (Å²) in [6, 6.07) is 0. The fourth-order valence-corrected chi connectivity index (χ4v) is 2.43. The first kappa shape index (κ1) is 16.0. The highest BCUT2D eigenvalue weighted by Crippen LogP contribution is 2.31. The number of nitrogens with zero attached hydrogens (tertiary/aromatic N) is 4. The van der Waals surface area contributed by atoms with Crippen LogP contribution in [0.2, 0.25) is 0 Å². The molecule has 128 valence electrons. The molecule has 0 radical (unpaired) electrons. The van der Waals surface area contributed by atoms with Gasteiger partial charge in [-0.15, -0.1) is 0 Å². The van der Waals surface area contributed by atoms with Gasteiger partial charge in [0, 0.05) is 0 Å². The second-order valence-corrected chi connectivity index (χ2v) is 5.12. The first-order valence-electron chi connectivity index (χ1n) is 6.84. The smallest absolute Gasteiger partial charge is 0.322 e. The van der Waals surface area contributed by atoms with Gasteiger partial charge in [0.2, 0.25) is 0 Å². The lowest BCUT2D eigenvalue weighted by Gasteiger charge is -2.16. The summed E-state index contributed by atoms with van der Waals surface area (Å²) in [6.45, 7) is -0.635. The van der Waals surface area contributed by atoms with Gasteiger partial charge >= 0.3 is 5.97 Å². The molecule has 0 bridgehead atoms. The van der Waals surface area contributed by atoms with Crippen LogP contribution in [0, 0.1) is 0 Å². The topological polar surface area (TPSA) is 186 Å². The number of imidazole rings is 1. The van der Waals surface area contributed by atoms with Crippen molar-refractivity contribution < 1.29 is 29.6 Å². The maximum absolute atomic E-state index is 11.9.